The molecule has 0 saturated carbocycles. The Labute approximate surface area is 72.6 Å². The second kappa shape index (κ2) is 2.34. The highest BCUT2D eigenvalue weighted by Crippen LogP contribution is 2.18. The van der Waals surface area contributed by atoms with Crippen LogP contribution in [0.2, 0.25) is 0 Å². The highest BCUT2D eigenvalue weighted by atomic mass is 79.9. The van der Waals surface area contributed by atoms with E-state index in [0.717, 1.165) is 16.7 Å². The Balaban J connectivity index is 2.58. The zero-order valence-electron chi connectivity index (χ0n) is 5.75. The molecule has 1 aliphatic heterocycles. The molecule has 0 aliphatic carbocycles. The Bertz CT molecular complexity index is 338. The summed E-state index contributed by atoms with van der Waals surface area (Å²) in [5.41, 5.74) is 0.763. The first-order valence-electron chi connectivity index (χ1n) is 3.34. The molecule has 0 N–H and O–H groups in total. The number of aromatic nitrogens is 1. The molecule has 0 fully saturated rings. The molecular weight excluding hydrogens is 206 g/mol. The van der Waals surface area contributed by atoms with E-state index in [2.05, 4.69) is 15.9 Å². The zero-order chi connectivity index (χ0) is 7.84. The molecule has 2 rings (SSSR count). The second-order valence-corrected chi connectivity index (χ2v) is 3.38. The van der Waals surface area contributed by atoms with Gasteiger partial charge in [-0.15, -0.1) is 0 Å². The molecule has 0 radical (unpaired) electrons. The molecule has 11 heavy (non-hydrogen) atoms. The van der Waals surface area contributed by atoms with E-state index in [1.165, 1.54) is 0 Å². The van der Waals surface area contributed by atoms with Crippen LogP contribution < -0.4 is 0 Å². The molecule has 1 aromatic heterocycles. The molecule has 1 aromatic rings. The van der Waals surface area contributed by atoms with Gasteiger partial charge in [-0.05, 0) is 28.1 Å². The van der Waals surface area contributed by atoms with E-state index < -0.39 is 0 Å². The van der Waals surface area contributed by atoms with Crippen molar-refractivity contribution < 1.29 is 4.79 Å². The normalized spacial score (nSPS) is 15.2. The summed E-state index contributed by atoms with van der Waals surface area (Å²) in [6.45, 7) is 0.798. The predicted molar refractivity (Wildman–Crippen MR) is 45.6 cm³/mol. The van der Waals surface area contributed by atoms with Gasteiger partial charge >= 0.3 is 0 Å². The largest absolute Gasteiger partial charge is 0.340 e. The maximum Gasteiger partial charge on any atom is 0.201 e. The molecule has 0 bridgehead atoms. The maximum absolute atomic E-state index is 11.2. The van der Waals surface area contributed by atoms with E-state index in [1.54, 1.807) is 6.08 Å². The molecule has 3 heteroatoms. The van der Waals surface area contributed by atoms with Crippen molar-refractivity contribution in [3.63, 3.8) is 0 Å². The Kier molecular flexibility index (Phi) is 1.46. The van der Waals surface area contributed by atoms with Crippen LogP contribution in [0.1, 0.15) is 10.5 Å². The minimum atomic E-state index is 0.0851. The first-order valence-corrected chi connectivity index (χ1v) is 4.13. The number of halogens is 1. The third-order valence-electron chi connectivity index (χ3n) is 1.69. The molecule has 0 aromatic carbocycles. The van der Waals surface area contributed by atoms with Gasteiger partial charge in [0.05, 0.1) is 5.69 Å². The van der Waals surface area contributed by atoms with Crippen LogP contribution in [-0.2, 0) is 6.54 Å². The van der Waals surface area contributed by atoms with Crippen molar-refractivity contribution in [2.24, 2.45) is 0 Å². The maximum atomic E-state index is 11.2. The lowest BCUT2D eigenvalue weighted by Gasteiger charge is -2.06. The summed E-state index contributed by atoms with van der Waals surface area (Å²) < 4.78 is 2.89. The third-order valence-corrected chi connectivity index (χ3v) is 2.12. The van der Waals surface area contributed by atoms with Crippen LogP contribution in [0.5, 0.6) is 0 Å². The topological polar surface area (TPSA) is 22.0 Å². The molecule has 56 valence electrons. The van der Waals surface area contributed by atoms with E-state index >= 15 is 0 Å². The van der Waals surface area contributed by atoms with Gasteiger partial charge in [-0.25, -0.2) is 0 Å². The summed E-state index contributed by atoms with van der Waals surface area (Å²) in [4.78, 5) is 11.2. The summed E-state index contributed by atoms with van der Waals surface area (Å²) in [5.74, 6) is 0.0851. The van der Waals surface area contributed by atoms with Gasteiger partial charge in [-0.2, -0.15) is 0 Å². The third kappa shape index (κ3) is 1.05. The number of carbonyl (C=O) groups excluding carboxylic acids is 1. The molecule has 0 atom stereocenters. The number of hydrogen-bond donors (Lipinski definition) is 0. The van der Waals surface area contributed by atoms with Gasteiger partial charge in [-0.3, -0.25) is 4.79 Å². The first-order chi connectivity index (χ1) is 5.27. The fourth-order valence-electron chi connectivity index (χ4n) is 1.19. The van der Waals surface area contributed by atoms with Gasteiger partial charge in [-0.1, -0.05) is 6.08 Å². The molecule has 0 saturated heterocycles. The first kappa shape index (κ1) is 6.85. The monoisotopic (exact) mass is 211 g/mol. The number of allylic oxidation sites excluding steroid dienone is 2. The molecule has 0 spiro atoms. The van der Waals surface area contributed by atoms with Crippen LogP contribution in [0, 0.1) is 0 Å². The van der Waals surface area contributed by atoms with Crippen LogP contribution in [-0.4, -0.2) is 10.4 Å². The lowest BCUT2D eigenvalue weighted by molar-refractivity contribution is 0.103. The predicted octanol–water partition coefficient (Wildman–Crippen LogP) is 2.00. The Morgan fingerprint density at radius 2 is 2.36 bits per heavy atom. The van der Waals surface area contributed by atoms with E-state index in [9.17, 15) is 4.79 Å². The van der Waals surface area contributed by atoms with Crippen molar-refractivity contribution in [3.8, 4) is 0 Å². The van der Waals surface area contributed by atoms with Gasteiger partial charge in [0.2, 0.25) is 5.78 Å². The standard InChI is InChI=1S/C8H6BrNO/c9-6-4-7-8(11)2-1-3-10(7)5-6/h1-2,4-5H,3H2. The van der Waals surface area contributed by atoms with E-state index in [1.807, 2.05) is 22.9 Å². The number of ketones is 1. The van der Waals surface area contributed by atoms with Gasteiger partial charge in [0, 0.05) is 17.2 Å². The summed E-state index contributed by atoms with van der Waals surface area (Å²) in [6, 6.07) is 1.84. The lowest BCUT2D eigenvalue weighted by Crippen LogP contribution is -2.09. The summed E-state index contributed by atoms with van der Waals surface area (Å²) in [5, 5.41) is 0. The Hall–Kier alpha value is -0.830. The van der Waals surface area contributed by atoms with Gasteiger partial charge in [0.15, 0.2) is 0 Å². The number of carbonyl (C=O) groups is 1. The highest BCUT2D eigenvalue weighted by Gasteiger charge is 2.12. The number of hydrogen-bond acceptors (Lipinski definition) is 1. The molecule has 2 nitrogen and oxygen atoms in total. The van der Waals surface area contributed by atoms with Crippen molar-refractivity contribution in [1.29, 1.82) is 0 Å². The van der Waals surface area contributed by atoms with Gasteiger partial charge in [0.1, 0.15) is 0 Å². The minimum Gasteiger partial charge on any atom is -0.340 e. The number of rotatable bonds is 0. The van der Waals surface area contributed by atoms with Crippen LogP contribution >= 0.6 is 15.9 Å². The number of fused-ring (bicyclic) bond motifs is 1. The van der Waals surface area contributed by atoms with Crippen molar-refractivity contribution >= 4 is 21.7 Å². The van der Waals surface area contributed by atoms with E-state index in [0.29, 0.717) is 0 Å². The van der Waals surface area contributed by atoms with Crippen LogP contribution in [0.25, 0.3) is 0 Å². The molecule has 2 heterocycles. The average Bonchev–Trinajstić information content (AvgIpc) is 2.31. The molecule has 1 aliphatic rings. The second-order valence-electron chi connectivity index (χ2n) is 2.46. The van der Waals surface area contributed by atoms with Gasteiger partial charge in [0.25, 0.3) is 0 Å². The van der Waals surface area contributed by atoms with E-state index in [-0.39, 0.29) is 5.78 Å². The molecule has 0 amide bonds. The fourth-order valence-corrected chi connectivity index (χ4v) is 1.66. The Morgan fingerprint density at radius 1 is 1.55 bits per heavy atom. The quantitative estimate of drug-likeness (QED) is 0.644. The summed E-state index contributed by atoms with van der Waals surface area (Å²) in [7, 11) is 0. The summed E-state index contributed by atoms with van der Waals surface area (Å²) in [6.07, 6.45) is 5.39. The lowest BCUT2D eigenvalue weighted by atomic mass is 10.2. The van der Waals surface area contributed by atoms with Gasteiger partial charge < -0.3 is 4.57 Å². The fraction of sp³-hybridized carbons (Fsp3) is 0.125. The van der Waals surface area contributed by atoms with Crippen LogP contribution in [0.15, 0.2) is 28.9 Å². The average molecular weight is 212 g/mol. The molecule has 0 unspecified atom stereocenters. The minimum absolute atomic E-state index is 0.0851. The van der Waals surface area contributed by atoms with Crippen LogP contribution in [0.4, 0.5) is 0 Å². The number of nitrogens with zero attached hydrogens (tertiary/aromatic N) is 1. The van der Waals surface area contributed by atoms with Crippen molar-refractivity contribution in [2.45, 2.75) is 6.54 Å². The van der Waals surface area contributed by atoms with Crippen LogP contribution in [0.3, 0.4) is 0 Å². The van der Waals surface area contributed by atoms with Crippen molar-refractivity contribution in [1.82, 2.24) is 4.57 Å². The summed E-state index contributed by atoms with van der Waals surface area (Å²) >= 11 is 3.32. The highest BCUT2D eigenvalue weighted by molar-refractivity contribution is 9.10. The van der Waals surface area contributed by atoms with Crippen molar-refractivity contribution in [2.75, 3.05) is 0 Å². The molecular formula is C8H6BrNO. The SMILES string of the molecule is O=C1C=CCn2cc(Br)cc21. The van der Waals surface area contributed by atoms with E-state index in [4.69, 9.17) is 0 Å². The zero-order valence-corrected chi connectivity index (χ0v) is 7.34. The van der Waals surface area contributed by atoms with Crippen molar-refractivity contribution in [3.05, 3.63) is 34.6 Å². The smallest absolute Gasteiger partial charge is 0.201 e. The Morgan fingerprint density at radius 3 is 3.09 bits per heavy atom.